The quantitative estimate of drug-likeness (QED) is 0.916. The third-order valence-electron chi connectivity index (χ3n) is 4.29. The molecule has 0 amide bonds. The van der Waals surface area contributed by atoms with Crippen LogP contribution in [0.3, 0.4) is 0 Å². The summed E-state index contributed by atoms with van der Waals surface area (Å²) in [5, 5.41) is 12.9. The van der Waals surface area contributed by atoms with Crippen LogP contribution in [0, 0.1) is 24.1 Å². The molecule has 0 aromatic heterocycles. The van der Waals surface area contributed by atoms with E-state index in [9.17, 15) is 9.65 Å². The van der Waals surface area contributed by atoms with Crippen LogP contribution in [0.4, 0.5) is 10.1 Å². The highest BCUT2D eigenvalue weighted by atomic mass is 19.1. The number of hydrogen-bond donors (Lipinski definition) is 1. The van der Waals surface area contributed by atoms with Crippen molar-refractivity contribution in [2.75, 3.05) is 5.32 Å². The molecule has 0 saturated heterocycles. The van der Waals surface area contributed by atoms with Crippen molar-refractivity contribution in [2.45, 2.75) is 31.2 Å². The molecule has 1 fully saturated rings. The van der Waals surface area contributed by atoms with Crippen molar-refractivity contribution >= 4 is 5.69 Å². The van der Waals surface area contributed by atoms with E-state index in [0.29, 0.717) is 0 Å². The van der Waals surface area contributed by atoms with Gasteiger partial charge in [0.2, 0.25) is 0 Å². The van der Waals surface area contributed by atoms with Gasteiger partial charge in [-0.05, 0) is 43.0 Å². The number of nitrogens with zero attached hydrogens (tertiary/aromatic N) is 1. The number of halogens is 1. The van der Waals surface area contributed by atoms with Gasteiger partial charge in [0.05, 0.1) is 11.5 Å². The van der Waals surface area contributed by atoms with Crippen LogP contribution in [0.1, 0.15) is 24.0 Å². The summed E-state index contributed by atoms with van der Waals surface area (Å²) in [6.45, 7) is 1.95. The van der Waals surface area contributed by atoms with E-state index in [1.807, 2.05) is 37.3 Å². The summed E-state index contributed by atoms with van der Waals surface area (Å²) in [7, 11) is 0. The summed E-state index contributed by atoms with van der Waals surface area (Å²) >= 11 is 0. The lowest BCUT2D eigenvalue weighted by Crippen LogP contribution is -2.47. The number of benzene rings is 2. The lowest BCUT2D eigenvalue weighted by atomic mass is 9.62. The minimum Gasteiger partial charge on any atom is -0.382 e. The first-order chi connectivity index (χ1) is 10.1. The Morgan fingerprint density at radius 1 is 1.19 bits per heavy atom. The first kappa shape index (κ1) is 13.6. The summed E-state index contributed by atoms with van der Waals surface area (Å²) in [5.41, 5.74) is 2.51. The lowest BCUT2D eigenvalue weighted by Gasteiger charge is -2.44. The van der Waals surface area contributed by atoms with Gasteiger partial charge in [-0.25, -0.2) is 4.39 Å². The van der Waals surface area contributed by atoms with Crippen LogP contribution in [0.5, 0.6) is 0 Å². The highest BCUT2D eigenvalue weighted by Crippen LogP contribution is 2.44. The fraction of sp³-hybridized carbons (Fsp3) is 0.278. The molecule has 3 heteroatoms. The first-order valence-electron chi connectivity index (χ1n) is 7.12. The summed E-state index contributed by atoms with van der Waals surface area (Å²) < 4.78 is 13.3. The Labute approximate surface area is 124 Å². The Morgan fingerprint density at radius 3 is 2.57 bits per heavy atom. The summed E-state index contributed by atoms with van der Waals surface area (Å²) in [6.07, 6.45) is 1.51. The summed E-state index contributed by atoms with van der Waals surface area (Å²) in [6, 6.07) is 17.3. The maximum Gasteiger partial charge on any atom is 0.125 e. The third kappa shape index (κ3) is 2.50. The Morgan fingerprint density at radius 2 is 1.90 bits per heavy atom. The van der Waals surface area contributed by atoms with E-state index in [1.54, 1.807) is 6.07 Å². The molecule has 0 heterocycles. The van der Waals surface area contributed by atoms with Gasteiger partial charge < -0.3 is 5.32 Å². The molecule has 3 rings (SSSR count). The highest BCUT2D eigenvalue weighted by Gasteiger charge is 2.46. The third-order valence-corrected chi connectivity index (χ3v) is 4.29. The molecule has 1 aliphatic rings. The van der Waals surface area contributed by atoms with E-state index >= 15 is 0 Å². The summed E-state index contributed by atoms with van der Waals surface area (Å²) in [5.74, 6) is -0.239. The van der Waals surface area contributed by atoms with Gasteiger partial charge in [0.15, 0.2) is 0 Å². The van der Waals surface area contributed by atoms with E-state index in [4.69, 9.17) is 0 Å². The average Bonchev–Trinajstić information content (AvgIpc) is 2.47. The van der Waals surface area contributed by atoms with Crippen LogP contribution < -0.4 is 5.32 Å². The normalized spacial score (nSPS) is 24.0. The van der Waals surface area contributed by atoms with E-state index in [1.165, 1.54) is 12.1 Å². The second kappa shape index (κ2) is 5.21. The number of nitrogens with one attached hydrogen (secondary N) is 1. The van der Waals surface area contributed by atoms with Gasteiger partial charge in [0.1, 0.15) is 5.82 Å². The van der Waals surface area contributed by atoms with E-state index in [0.717, 1.165) is 29.7 Å². The fourth-order valence-electron chi connectivity index (χ4n) is 3.00. The number of hydrogen-bond acceptors (Lipinski definition) is 2. The number of rotatable bonds is 3. The second-order valence-electron chi connectivity index (χ2n) is 5.77. The zero-order valence-electron chi connectivity index (χ0n) is 11.9. The number of nitriles is 1. The monoisotopic (exact) mass is 280 g/mol. The molecular formula is C18H17FN2. The van der Waals surface area contributed by atoms with Gasteiger partial charge in [0, 0.05) is 11.7 Å². The van der Waals surface area contributed by atoms with Crippen molar-refractivity contribution in [2.24, 2.45) is 0 Å². The van der Waals surface area contributed by atoms with Crippen LogP contribution >= 0.6 is 0 Å². The van der Waals surface area contributed by atoms with Gasteiger partial charge in [-0.2, -0.15) is 5.26 Å². The van der Waals surface area contributed by atoms with Crippen LogP contribution in [0.15, 0.2) is 48.5 Å². The van der Waals surface area contributed by atoms with Crippen molar-refractivity contribution in [1.29, 1.82) is 5.26 Å². The largest absolute Gasteiger partial charge is 0.382 e. The minimum absolute atomic E-state index is 0.213. The van der Waals surface area contributed by atoms with Crippen LogP contribution in [-0.2, 0) is 5.41 Å². The molecule has 2 aromatic carbocycles. The molecule has 2 nitrogen and oxygen atoms in total. The molecule has 0 spiro atoms. The minimum atomic E-state index is -0.403. The molecule has 0 unspecified atom stereocenters. The standard InChI is InChI=1S/C18H17FN2/c1-13-7-8-15(19)9-17(13)21-16-10-18(11-16,12-20)14-5-3-2-4-6-14/h2-9,16,21H,10-11H2,1H3. The van der Waals surface area contributed by atoms with Crippen molar-refractivity contribution in [1.82, 2.24) is 0 Å². The molecule has 0 atom stereocenters. The molecule has 1 aliphatic carbocycles. The topological polar surface area (TPSA) is 35.8 Å². The van der Waals surface area contributed by atoms with Crippen molar-refractivity contribution in [3.8, 4) is 6.07 Å². The average molecular weight is 280 g/mol. The van der Waals surface area contributed by atoms with Gasteiger partial charge in [-0.15, -0.1) is 0 Å². The Balaban J connectivity index is 1.73. The van der Waals surface area contributed by atoms with Crippen LogP contribution in [0.25, 0.3) is 0 Å². The van der Waals surface area contributed by atoms with Gasteiger partial charge in [-0.1, -0.05) is 36.4 Å². The molecule has 0 radical (unpaired) electrons. The molecule has 1 N–H and O–H groups in total. The highest BCUT2D eigenvalue weighted by molar-refractivity contribution is 5.53. The second-order valence-corrected chi connectivity index (χ2v) is 5.77. The zero-order chi connectivity index (χ0) is 14.9. The Bertz CT molecular complexity index is 682. The number of aryl methyl sites for hydroxylation is 1. The van der Waals surface area contributed by atoms with E-state index in [2.05, 4.69) is 11.4 Å². The Kier molecular flexibility index (Phi) is 3.39. The molecule has 21 heavy (non-hydrogen) atoms. The SMILES string of the molecule is Cc1ccc(F)cc1NC1CC(C#N)(c2ccccc2)C1. The van der Waals surface area contributed by atoms with Gasteiger partial charge in [0.25, 0.3) is 0 Å². The molecule has 2 aromatic rings. The predicted octanol–water partition coefficient (Wildman–Crippen LogP) is 4.17. The summed E-state index contributed by atoms with van der Waals surface area (Å²) in [4.78, 5) is 0. The molecule has 1 saturated carbocycles. The van der Waals surface area contributed by atoms with E-state index in [-0.39, 0.29) is 11.9 Å². The first-order valence-corrected chi connectivity index (χ1v) is 7.12. The zero-order valence-corrected chi connectivity index (χ0v) is 11.9. The van der Waals surface area contributed by atoms with Crippen molar-refractivity contribution < 1.29 is 4.39 Å². The van der Waals surface area contributed by atoms with Gasteiger partial charge >= 0.3 is 0 Å². The number of anilines is 1. The molecule has 0 aliphatic heterocycles. The van der Waals surface area contributed by atoms with Crippen LogP contribution in [0.2, 0.25) is 0 Å². The Hall–Kier alpha value is -2.34. The van der Waals surface area contributed by atoms with Gasteiger partial charge in [-0.3, -0.25) is 0 Å². The smallest absolute Gasteiger partial charge is 0.125 e. The predicted molar refractivity (Wildman–Crippen MR) is 81.5 cm³/mol. The van der Waals surface area contributed by atoms with Crippen molar-refractivity contribution in [3.63, 3.8) is 0 Å². The van der Waals surface area contributed by atoms with Crippen LogP contribution in [-0.4, -0.2) is 6.04 Å². The molecule has 0 bridgehead atoms. The van der Waals surface area contributed by atoms with E-state index < -0.39 is 5.41 Å². The maximum atomic E-state index is 13.3. The maximum absolute atomic E-state index is 13.3. The lowest BCUT2D eigenvalue weighted by molar-refractivity contribution is 0.289. The molecule has 106 valence electrons. The van der Waals surface area contributed by atoms with Crippen molar-refractivity contribution in [3.05, 3.63) is 65.5 Å². The fourth-order valence-corrected chi connectivity index (χ4v) is 3.00. The molecular weight excluding hydrogens is 263 g/mol.